The van der Waals surface area contributed by atoms with Crippen molar-refractivity contribution in [3.63, 3.8) is 0 Å². The quantitative estimate of drug-likeness (QED) is 0.623. The average Bonchev–Trinajstić information content (AvgIpc) is 2.50. The zero-order valence-electron chi connectivity index (χ0n) is 17.5. The largest absolute Gasteiger partial charge is 0.508 e. The first-order chi connectivity index (χ1) is 12.0. The summed E-state index contributed by atoms with van der Waals surface area (Å²) < 4.78 is 0. The lowest BCUT2D eigenvalue weighted by molar-refractivity contribution is 0.461. The highest BCUT2D eigenvalue weighted by atomic mass is 16.3. The second-order valence-corrected chi connectivity index (χ2v) is 8.57. The fraction of sp³-hybridized carbons (Fsp3) is 0.500. The second-order valence-electron chi connectivity index (χ2n) is 8.57. The Balaban J connectivity index is 2.72. The summed E-state index contributed by atoms with van der Waals surface area (Å²) >= 11 is 0. The lowest BCUT2D eigenvalue weighted by atomic mass is 9.77. The van der Waals surface area contributed by atoms with Gasteiger partial charge in [-0.2, -0.15) is 0 Å². The molecular formula is C24H34O2. The van der Waals surface area contributed by atoms with Crippen LogP contribution in [-0.4, -0.2) is 10.2 Å². The molecule has 2 aromatic carbocycles. The molecule has 2 nitrogen and oxygen atoms in total. The maximum atomic E-state index is 10.4. The van der Waals surface area contributed by atoms with Crippen molar-refractivity contribution in [1.29, 1.82) is 0 Å². The molecule has 0 aliphatic carbocycles. The van der Waals surface area contributed by atoms with Crippen molar-refractivity contribution in [2.45, 2.75) is 73.1 Å². The van der Waals surface area contributed by atoms with Gasteiger partial charge in [-0.3, -0.25) is 0 Å². The Hall–Kier alpha value is -1.96. The van der Waals surface area contributed by atoms with E-state index in [9.17, 15) is 10.2 Å². The Morgan fingerprint density at radius 2 is 0.923 bits per heavy atom. The van der Waals surface area contributed by atoms with Crippen LogP contribution in [0.25, 0.3) is 0 Å². The summed E-state index contributed by atoms with van der Waals surface area (Å²) in [5, 5.41) is 20.7. The second kappa shape index (κ2) is 7.73. The molecule has 142 valence electrons. The summed E-state index contributed by atoms with van der Waals surface area (Å²) in [6.45, 7) is 17.1. The Morgan fingerprint density at radius 3 is 1.19 bits per heavy atom. The Kier molecular flexibility index (Phi) is 6.05. The molecule has 2 heteroatoms. The normalized spacial score (nSPS) is 12.0. The van der Waals surface area contributed by atoms with E-state index >= 15 is 0 Å². The van der Waals surface area contributed by atoms with Crippen LogP contribution in [0.4, 0.5) is 0 Å². The van der Waals surface area contributed by atoms with E-state index in [1.165, 1.54) is 11.1 Å². The highest BCUT2D eigenvalue weighted by Gasteiger charge is 2.25. The first-order valence-corrected chi connectivity index (χ1v) is 9.71. The van der Waals surface area contributed by atoms with Crippen LogP contribution in [0.5, 0.6) is 11.5 Å². The van der Waals surface area contributed by atoms with E-state index in [1.54, 1.807) is 0 Å². The zero-order chi connectivity index (χ0) is 19.8. The lowest BCUT2D eigenvalue weighted by Crippen LogP contribution is -2.13. The van der Waals surface area contributed by atoms with Gasteiger partial charge in [-0.1, -0.05) is 53.7 Å². The minimum atomic E-state index is 0.228. The molecule has 0 heterocycles. The van der Waals surface area contributed by atoms with Gasteiger partial charge in [0.25, 0.3) is 0 Å². The highest BCUT2D eigenvalue weighted by molar-refractivity contribution is 5.51. The van der Waals surface area contributed by atoms with E-state index in [0.29, 0.717) is 17.4 Å². The molecule has 0 unspecified atom stereocenters. The van der Waals surface area contributed by atoms with Gasteiger partial charge in [-0.15, -0.1) is 0 Å². The van der Waals surface area contributed by atoms with Crippen molar-refractivity contribution in [2.75, 3.05) is 0 Å². The molecule has 0 spiro atoms. The Bertz CT molecular complexity index is 722. The van der Waals surface area contributed by atoms with Crippen molar-refractivity contribution in [1.82, 2.24) is 0 Å². The number of rotatable bonds is 5. The predicted molar refractivity (Wildman–Crippen MR) is 111 cm³/mol. The van der Waals surface area contributed by atoms with Crippen molar-refractivity contribution in [3.05, 3.63) is 57.6 Å². The van der Waals surface area contributed by atoms with Crippen LogP contribution in [0.3, 0.4) is 0 Å². The third kappa shape index (κ3) is 3.90. The third-order valence-electron chi connectivity index (χ3n) is 5.41. The van der Waals surface area contributed by atoms with Crippen molar-refractivity contribution in [2.24, 2.45) is 5.92 Å². The Labute approximate surface area is 158 Å². The fourth-order valence-electron chi connectivity index (χ4n) is 3.93. The van der Waals surface area contributed by atoms with Gasteiger partial charge in [0.05, 0.1) is 0 Å². The molecule has 0 saturated heterocycles. The van der Waals surface area contributed by atoms with Gasteiger partial charge in [0, 0.05) is 5.92 Å². The standard InChI is InChI=1S/C24H34O2/c1-13(2)18-11-20(16(7)9-22(18)25)24(15(5)6)21-12-19(14(3)4)23(26)10-17(21)8/h9-15,24-26H,1-8H3. The third-order valence-corrected chi connectivity index (χ3v) is 5.41. The first kappa shape index (κ1) is 20.4. The van der Waals surface area contributed by atoms with E-state index in [1.807, 2.05) is 12.1 Å². The number of phenols is 2. The van der Waals surface area contributed by atoms with E-state index in [2.05, 4.69) is 67.5 Å². The molecule has 0 saturated carbocycles. The number of hydrogen-bond acceptors (Lipinski definition) is 2. The van der Waals surface area contributed by atoms with Crippen LogP contribution in [0, 0.1) is 19.8 Å². The summed E-state index contributed by atoms with van der Waals surface area (Å²) in [7, 11) is 0. The molecule has 2 N–H and O–H groups in total. The van der Waals surface area contributed by atoms with E-state index in [0.717, 1.165) is 22.3 Å². The van der Waals surface area contributed by atoms with Crippen LogP contribution < -0.4 is 0 Å². The molecule has 0 fully saturated rings. The van der Waals surface area contributed by atoms with Crippen molar-refractivity contribution < 1.29 is 10.2 Å². The molecule has 0 aromatic heterocycles. The monoisotopic (exact) mass is 354 g/mol. The van der Waals surface area contributed by atoms with Crippen LogP contribution in [0.2, 0.25) is 0 Å². The lowest BCUT2D eigenvalue weighted by Gasteiger charge is -2.28. The van der Waals surface area contributed by atoms with E-state index in [-0.39, 0.29) is 17.8 Å². The molecule has 0 aliphatic heterocycles. The minimum Gasteiger partial charge on any atom is -0.508 e. The van der Waals surface area contributed by atoms with Gasteiger partial charge in [-0.05, 0) is 77.1 Å². The van der Waals surface area contributed by atoms with Gasteiger partial charge in [-0.25, -0.2) is 0 Å². The van der Waals surface area contributed by atoms with Gasteiger partial charge < -0.3 is 10.2 Å². The maximum absolute atomic E-state index is 10.4. The molecular weight excluding hydrogens is 320 g/mol. The van der Waals surface area contributed by atoms with Crippen molar-refractivity contribution in [3.8, 4) is 11.5 Å². The number of phenolic OH excluding ortho intramolecular Hbond substituents is 2. The summed E-state index contributed by atoms with van der Waals surface area (Å²) in [6.07, 6.45) is 0. The summed E-state index contributed by atoms with van der Waals surface area (Å²) in [5.74, 6) is 1.94. The molecule has 2 rings (SSSR count). The van der Waals surface area contributed by atoms with Crippen LogP contribution in [-0.2, 0) is 0 Å². The maximum Gasteiger partial charge on any atom is 0.119 e. The topological polar surface area (TPSA) is 40.5 Å². The van der Waals surface area contributed by atoms with Gasteiger partial charge in [0.15, 0.2) is 0 Å². The van der Waals surface area contributed by atoms with E-state index in [4.69, 9.17) is 0 Å². The summed E-state index contributed by atoms with van der Waals surface area (Å²) in [6, 6.07) is 8.17. The smallest absolute Gasteiger partial charge is 0.119 e. The molecule has 0 amide bonds. The molecule has 0 atom stereocenters. The number of aryl methyl sites for hydroxylation is 2. The molecule has 26 heavy (non-hydrogen) atoms. The Morgan fingerprint density at radius 1 is 0.577 bits per heavy atom. The zero-order valence-corrected chi connectivity index (χ0v) is 17.5. The fourth-order valence-corrected chi connectivity index (χ4v) is 3.93. The predicted octanol–water partition coefficient (Wildman–Crippen LogP) is 6.75. The SMILES string of the molecule is Cc1cc(O)c(C(C)C)cc1C(c1cc(C(C)C)c(O)cc1C)C(C)C. The van der Waals surface area contributed by atoms with Gasteiger partial charge in [0.1, 0.15) is 11.5 Å². The molecule has 2 aromatic rings. The summed E-state index contributed by atoms with van der Waals surface area (Å²) in [5.41, 5.74) is 6.76. The molecule has 0 bridgehead atoms. The molecule has 0 aliphatic rings. The molecule has 0 radical (unpaired) electrons. The van der Waals surface area contributed by atoms with Crippen LogP contribution in [0.1, 0.15) is 92.7 Å². The first-order valence-electron chi connectivity index (χ1n) is 9.71. The number of hydrogen-bond donors (Lipinski definition) is 2. The average molecular weight is 355 g/mol. The van der Waals surface area contributed by atoms with Gasteiger partial charge in [0.2, 0.25) is 0 Å². The highest BCUT2D eigenvalue weighted by Crippen LogP contribution is 2.41. The van der Waals surface area contributed by atoms with Crippen LogP contribution >= 0.6 is 0 Å². The van der Waals surface area contributed by atoms with Gasteiger partial charge >= 0.3 is 0 Å². The summed E-state index contributed by atoms with van der Waals surface area (Å²) in [4.78, 5) is 0. The minimum absolute atomic E-state index is 0.228. The number of benzene rings is 2. The van der Waals surface area contributed by atoms with Crippen LogP contribution in [0.15, 0.2) is 24.3 Å². The van der Waals surface area contributed by atoms with Crippen molar-refractivity contribution >= 4 is 0 Å². The van der Waals surface area contributed by atoms with E-state index < -0.39 is 0 Å². The number of aromatic hydroxyl groups is 2.